The molecule has 4 aromatic rings. The molecular formula is C26H23FN2OS. The molecular weight excluding hydrogens is 407 g/mol. The van der Waals surface area contributed by atoms with E-state index in [0.29, 0.717) is 10.8 Å². The molecule has 3 nitrogen and oxygen atoms in total. The van der Waals surface area contributed by atoms with Crippen molar-refractivity contribution < 1.29 is 9.18 Å². The number of benzene rings is 3. The molecule has 31 heavy (non-hydrogen) atoms. The van der Waals surface area contributed by atoms with Gasteiger partial charge in [-0.3, -0.25) is 4.79 Å². The van der Waals surface area contributed by atoms with E-state index in [2.05, 4.69) is 10.3 Å². The van der Waals surface area contributed by atoms with Crippen molar-refractivity contribution in [3.8, 4) is 11.1 Å². The van der Waals surface area contributed by atoms with Gasteiger partial charge in [-0.2, -0.15) is 0 Å². The molecule has 1 aromatic heterocycles. The molecule has 1 aliphatic carbocycles. The highest BCUT2D eigenvalue weighted by Gasteiger charge is 2.23. The van der Waals surface area contributed by atoms with Crippen molar-refractivity contribution >= 4 is 38.2 Å². The van der Waals surface area contributed by atoms with Crippen molar-refractivity contribution in [2.45, 2.75) is 32.6 Å². The van der Waals surface area contributed by atoms with E-state index in [0.717, 1.165) is 58.2 Å². The smallest absolute Gasteiger partial charge is 0.188 e. The number of halogens is 1. The van der Waals surface area contributed by atoms with Crippen molar-refractivity contribution in [2.75, 3.05) is 5.32 Å². The summed E-state index contributed by atoms with van der Waals surface area (Å²) < 4.78 is 15.9. The summed E-state index contributed by atoms with van der Waals surface area (Å²) in [7, 11) is 0. The lowest BCUT2D eigenvalue weighted by atomic mass is 9.94. The number of aromatic nitrogens is 1. The van der Waals surface area contributed by atoms with Gasteiger partial charge in [-0.05, 0) is 54.7 Å². The number of hydrogen-bond acceptors (Lipinski definition) is 4. The molecule has 5 heteroatoms. The molecule has 1 heterocycles. The number of fused-ring (bicyclic) bond motifs is 1. The summed E-state index contributed by atoms with van der Waals surface area (Å²) >= 11 is 1.51. The topological polar surface area (TPSA) is 42.0 Å². The third-order valence-corrected chi connectivity index (χ3v) is 7.00. The van der Waals surface area contributed by atoms with Crippen LogP contribution in [0.1, 0.15) is 41.6 Å². The second kappa shape index (κ2) is 8.23. The zero-order valence-corrected chi connectivity index (χ0v) is 18.1. The third-order valence-electron chi connectivity index (χ3n) is 6.06. The van der Waals surface area contributed by atoms with Crippen molar-refractivity contribution in [3.63, 3.8) is 0 Å². The van der Waals surface area contributed by atoms with Crippen LogP contribution in [0.3, 0.4) is 0 Å². The minimum atomic E-state index is -0.334. The number of para-hydroxylation sites is 1. The number of nitrogens with one attached hydrogen (secondary N) is 1. The van der Waals surface area contributed by atoms with E-state index in [1.165, 1.54) is 17.4 Å². The van der Waals surface area contributed by atoms with E-state index in [4.69, 9.17) is 0 Å². The lowest BCUT2D eigenvalue weighted by Gasteiger charge is -2.10. The van der Waals surface area contributed by atoms with Gasteiger partial charge in [0, 0.05) is 11.5 Å². The normalized spacial score (nSPS) is 14.3. The highest BCUT2D eigenvalue weighted by atomic mass is 32.1. The van der Waals surface area contributed by atoms with Gasteiger partial charge in [0.25, 0.3) is 0 Å². The summed E-state index contributed by atoms with van der Waals surface area (Å²) in [5, 5.41) is 3.78. The third kappa shape index (κ3) is 3.98. The fourth-order valence-electron chi connectivity index (χ4n) is 4.30. The monoisotopic (exact) mass is 430 g/mol. The van der Waals surface area contributed by atoms with Crippen molar-refractivity contribution in [3.05, 3.63) is 77.6 Å². The minimum absolute atomic E-state index is 0.167. The number of anilines is 2. The Labute approximate surface area is 185 Å². The Kier molecular flexibility index (Phi) is 5.28. The molecule has 0 bridgehead atoms. The Morgan fingerprint density at radius 1 is 1.03 bits per heavy atom. The molecule has 0 radical (unpaired) electrons. The summed E-state index contributed by atoms with van der Waals surface area (Å²) in [6.45, 7) is 2.02. The lowest BCUT2D eigenvalue weighted by molar-refractivity contribution is 0.0923. The van der Waals surface area contributed by atoms with E-state index < -0.39 is 0 Å². The predicted octanol–water partition coefficient (Wildman–Crippen LogP) is 7.53. The number of carbonyl (C=O) groups is 1. The molecule has 1 N–H and O–H groups in total. The molecule has 1 fully saturated rings. The maximum atomic E-state index is 14.8. The fraction of sp³-hybridized carbons (Fsp3) is 0.231. The number of nitrogens with zero attached hydrogens (tertiary/aromatic N) is 1. The van der Waals surface area contributed by atoms with Crippen LogP contribution in [0.5, 0.6) is 0 Å². The van der Waals surface area contributed by atoms with E-state index in [1.807, 2.05) is 55.5 Å². The molecule has 0 saturated heterocycles. The Bertz CT molecular complexity index is 1260. The number of rotatable bonds is 5. The van der Waals surface area contributed by atoms with Crippen molar-refractivity contribution in [2.24, 2.45) is 5.92 Å². The second-order valence-electron chi connectivity index (χ2n) is 8.18. The summed E-state index contributed by atoms with van der Waals surface area (Å²) in [6, 6.07) is 18.7. The summed E-state index contributed by atoms with van der Waals surface area (Å²) in [6.07, 6.45) is 4.28. The highest BCUT2D eigenvalue weighted by molar-refractivity contribution is 7.22. The molecule has 0 unspecified atom stereocenters. The van der Waals surface area contributed by atoms with Crippen LogP contribution in [0.25, 0.3) is 21.3 Å². The van der Waals surface area contributed by atoms with Gasteiger partial charge in [-0.25, -0.2) is 9.37 Å². The molecule has 0 amide bonds. The number of hydrogen-bond donors (Lipinski definition) is 1. The van der Waals surface area contributed by atoms with Crippen LogP contribution in [0.2, 0.25) is 0 Å². The maximum absolute atomic E-state index is 14.8. The van der Waals surface area contributed by atoms with Crippen molar-refractivity contribution in [1.82, 2.24) is 4.98 Å². The Balaban J connectivity index is 1.35. The number of aryl methyl sites for hydroxylation is 1. The number of carbonyl (C=O) groups excluding carboxylic acids is 1. The lowest BCUT2D eigenvalue weighted by Crippen LogP contribution is -2.10. The van der Waals surface area contributed by atoms with E-state index in [9.17, 15) is 9.18 Å². The fourth-order valence-corrected chi connectivity index (χ4v) is 5.26. The first-order valence-electron chi connectivity index (χ1n) is 10.7. The first-order chi connectivity index (χ1) is 15.1. The van der Waals surface area contributed by atoms with Crippen LogP contribution in [-0.4, -0.2) is 10.8 Å². The first kappa shape index (κ1) is 19.9. The van der Waals surface area contributed by atoms with Gasteiger partial charge in [0.15, 0.2) is 10.9 Å². The summed E-state index contributed by atoms with van der Waals surface area (Å²) in [5.74, 6) is 0.0698. The van der Waals surface area contributed by atoms with Crippen LogP contribution in [0.4, 0.5) is 15.2 Å². The SMILES string of the molecule is Cc1cccc2sc(Nc3ccc(-c4ccc(C(=O)C5CCCC5)cc4)cc3F)nc12. The van der Waals surface area contributed by atoms with Crippen LogP contribution in [-0.2, 0) is 0 Å². The molecule has 0 atom stereocenters. The van der Waals surface area contributed by atoms with E-state index >= 15 is 0 Å². The molecule has 1 aliphatic rings. The van der Waals surface area contributed by atoms with Crippen LogP contribution < -0.4 is 5.32 Å². The Hall–Kier alpha value is -3.05. The maximum Gasteiger partial charge on any atom is 0.188 e. The first-order valence-corrected chi connectivity index (χ1v) is 11.5. The molecule has 0 aliphatic heterocycles. The molecule has 3 aromatic carbocycles. The van der Waals surface area contributed by atoms with Gasteiger partial charge in [0.1, 0.15) is 5.82 Å². The summed E-state index contributed by atoms with van der Waals surface area (Å²) in [4.78, 5) is 17.2. The quantitative estimate of drug-likeness (QED) is 0.333. The average molecular weight is 431 g/mol. The second-order valence-corrected chi connectivity index (χ2v) is 9.21. The zero-order valence-electron chi connectivity index (χ0n) is 17.3. The number of thiazole rings is 1. The van der Waals surface area contributed by atoms with Crippen LogP contribution >= 0.6 is 11.3 Å². The standard InChI is InChI=1S/C26H23FN2OS/c1-16-5-4-8-23-24(16)29-26(31-23)28-22-14-13-20(15-21(22)27)17-9-11-19(12-10-17)25(30)18-6-2-3-7-18/h4-5,8-15,18H,2-3,6-7H2,1H3,(H,28,29). The van der Waals surface area contributed by atoms with Crippen LogP contribution in [0.15, 0.2) is 60.7 Å². The highest BCUT2D eigenvalue weighted by Crippen LogP contribution is 2.33. The van der Waals surface area contributed by atoms with Gasteiger partial charge in [0.05, 0.1) is 15.9 Å². The number of ketones is 1. The Morgan fingerprint density at radius 2 is 1.77 bits per heavy atom. The predicted molar refractivity (Wildman–Crippen MR) is 126 cm³/mol. The van der Waals surface area contributed by atoms with Gasteiger partial charge >= 0.3 is 0 Å². The van der Waals surface area contributed by atoms with Crippen LogP contribution in [0, 0.1) is 18.7 Å². The minimum Gasteiger partial charge on any atom is -0.329 e. The molecule has 156 valence electrons. The average Bonchev–Trinajstić information content (AvgIpc) is 3.45. The van der Waals surface area contributed by atoms with Gasteiger partial charge < -0.3 is 5.32 Å². The molecule has 1 saturated carbocycles. The zero-order chi connectivity index (χ0) is 21.4. The van der Waals surface area contributed by atoms with Crippen molar-refractivity contribution in [1.29, 1.82) is 0 Å². The Morgan fingerprint density at radius 3 is 2.48 bits per heavy atom. The van der Waals surface area contributed by atoms with Gasteiger partial charge in [0.2, 0.25) is 0 Å². The van der Waals surface area contributed by atoms with Gasteiger partial charge in [-0.15, -0.1) is 0 Å². The number of Topliss-reactive ketones (excluding diaryl/α,β-unsaturated/α-hetero) is 1. The largest absolute Gasteiger partial charge is 0.329 e. The van der Waals surface area contributed by atoms with E-state index in [-0.39, 0.29) is 17.5 Å². The van der Waals surface area contributed by atoms with Gasteiger partial charge in [-0.1, -0.05) is 66.6 Å². The molecule has 0 spiro atoms. The van der Waals surface area contributed by atoms with E-state index in [1.54, 1.807) is 6.07 Å². The molecule has 5 rings (SSSR count). The summed E-state index contributed by atoms with van der Waals surface area (Å²) in [5.41, 5.74) is 4.87.